The van der Waals surface area contributed by atoms with E-state index >= 15 is 0 Å². The second kappa shape index (κ2) is 6.93. The zero-order valence-electron chi connectivity index (χ0n) is 9.48. The summed E-state index contributed by atoms with van der Waals surface area (Å²) >= 11 is 0. The van der Waals surface area contributed by atoms with Crippen molar-refractivity contribution in [1.29, 1.82) is 0 Å². The molecule has 1 unspecified atom stereocenters. The minimum atomic E-state index is 0.0434. The monoisotopic (exact) mass is 242 g/mol. The topological polar surface area (TPSA) is 43.4 Å². The maximum absolute atomic E-state index is 10.8. The third kappa shape index (κ3) is 4.54. The SMILES string of the molecule is C=C1C[C@H](CCCC(=O)P)O[C@H]1CCC=O. The second-order valence-corrected chi connectivity index (χ2v) is 4.86. The Bertz CT molecular complexity index is 275. The molecule has 0 saturated carbocycles. The van der Waals surface area contributed by atoms with Crippen LogP contribution in [0.15, 0.2) is 12.2 Å². The quantitative estimate of drug-likeness (QED) is 0.390. The Morgan fingerprint density at radius 2 is 2.31 bits per heavy atom. The van der Waals surface area contributed by atoms with E-state index in [0.717, 1.165) is 37.5 Å². The first-order valence-corrected chi connectivity index (χ1v) is 6.26. The molecular formula is C12H19O3P. The highest BCUT2D eigenvalue weighted by Crippen LogP contribution is 2.30. The molecule has 0 aromatic rings. The van der Waals surface area contributed by atoms with Gasteiger partial charge < -0.3 is 9.53 Å². The third-order valence-corrected chi connectivity index (χ3v) is 3.09. The van der Waals surface area contributed by atoms with Gasteiger partial charge in [-0.25, -0.2) is 0 Å². The summed E-state index contributed by atoms with van der Waals surface area (Å²) in [7, 11) is 2.19. The summed E-state index contributed by atoms with van der Waals surface area (Å²) in [5.41, 5.74) is 1.23. The van der Waals surface area contributed by atoms with Crippen LogP contribution in [-0.4, -0.2) is 24.0 Å². The number of ether oxygens (including phenoxy) is 1. The molecule has 1 saturated heterocycles. The summed E-state index contributed by atoms with van der Waals surface area (Å²) in [4.78, 5) is 21.0. The Morgan fingerprint density at radius 3 is 2.94 bits per heavy atom. The van der Waals surface area contributed by atoms with Gasteiger partial charge in [-0.1, -0.05) is 15.8 Å². The van der Waals surface area contributed by atoms with Crippen LogP contribution in [0.2, 0.25) is 0 Å². The molecule has 3 atom stereocenters. The van der Waals surface area contributed by atoms with Gasteiger partial charge in [0, 0.05) is 12.8 Å². The molecule has 16 heavy (non-hydrogen) atoms. The first-order valence-electron chi connectivity index (χ1n) is 5.68. The van der Waals surface area contributed by atoms with Gasteiger partial charge in [-0.2, -0.15) is 0 Å². The molecule has 0 aromatic carbocycles. The molecule has 3 nitrogen and oxygen atoms in total. The van der Waals surface area contributed by atoms with Crippen LogP contribution in [0.4, 0.5) is 0 Å². The van der Waals surface area contributed by atoms with Crippen molar-refractivity contribution in [2.45, 2.75) is 50.7 Å². The van der Waals surface area contributed by atoms with Gasteiger partial charge in [0.1, 0.15) is 11.8 Å². The summed E-state index contributed by atoms with van der Waals surface area (Å²) < 4.78 is 5.78. The Kier molecular flexibility index (Phi) is 5.86. The first-order chi connectivity index (χ1) is 7.63. The number of hydrogen-bond acceptors (Lipinski definition) is 3. The number of carbonyl (C=O) groups excluding carboxylic acids is 2. The Balaban J connectivity index is 2.24. The van der Waals surface area contributed by atoms with Crippen molar-refractivity contribution in [2.24, 2.45) is 0 Å². The van der Waals surface area contributed by atoms with E-state index in [0.29, 0.717) is 12.8 Å². The third-order valence-electron chi connectivity index (χ3n) is 2.80. The predicted octanol–water partition coefficient (Wildman–Crippen LogP) is 2.25. The molecular weight excluding hydrogens is 223 g/mol. The standard InChI is InChI=1S/C12H19O3P/c1-9-8-10(4-2-6-12(14)16)15-11(9)5-3-7-13/h7,10-11H,1-6,8,16H2/t10-,11-/m0/s1. The summed E-state index contributed by atoms with van der Waals surface area (Å²) in [6.07, 6.45) is 5.64. The minimum absolute atomic E-state index is 0.0434. The maximum Gasteiger partial charge on any atom is 0.148 e. The van der Waals surface area contributed by atoms with E-state index in [9.17, 15) is 9.59 Å². The fourth-order valence-corrected chi connectivity index (χ4v) is 2.17. The van der Waals surface area contributed by atoms with Gasteiger partial charge in [0.2, 0.25) is 0 Å². The normalized spacial score (nSPS) is 24.7. The summed E-state index contributed by atoms with van der Waals surface area (Å²) in [5, 5.41) is 0. The molecule has 0 aliphatic carbocycles. The fourth-order valence-electron chi connectivity index (χ4n) is 1.97. The highest BCUT2D eigenvalue weighted by Gasteiger charge is 2.27. The van der Waals surface area contributed by atoms with Crippen LogP contribution in [0.1, 0.15) is 38.5 Å². The van der Waals surface area contributed by atoms with Crippen LogP contribution < -0.4 is 0 Å². The summed E-state index contributed by atoms with van der Waals surface area (Å²) in [6, 6.07) is 0. The first kappa shape index (κ1) is 13.5. The Hall–Kier alpha value is -0.530. The van der Waals surface area contributed by atoms with Gasteiger partial charge in [0.15, 0.2) is 0 Å². The molecule has 1 rings (SSSR count). The van der Waals surface area contributed by atoms with Gasteiger partial charge in [0.25, 0.3) is 0 Å². The molecule has 0 radical (unpaired) electrons. The molecule has 0 spiro atoms. The molecule has 1 heterocycles. The molecule has 1 aliphatic heterocycles. The molecule has 90 valence electrons. The zero-order chi connectivity index (χ0) is 12.0. The van der Waals surface area contributed by atoms with E-state index in [-0.39, 0.29) is 17.7 Å². The molecule has 0 bridgehead atoms. The number of hydrogen-bond donors (Lipinski definition) is 0. The van der Waals surface area contributed by atoms with Gasteiger partial charge in [-0.3, -0.25) is 4.79 Å². The van der Waals surface area contributed by atoms with E-state index < -0.39 is 0 Å². The number of carbonyl (C=O) groups is 2. The van der Waals surface area contributed by atoms with Gasteiger partial charge >= 0.3 is 0 Å². The average molecular weight is 242 g/mol. The van der Waals surface area contributed by atoms with Crippen molar-refractivity contribution >= 4 is 21.1 Å². The number of aldehydes is 1. The molecule has 0 amide bonds. The maximum atomic E-state index is 10.8. The molecule has 1 aliphatic rings. The van der Waals surface area contributed by atoms with Gasteiger partial charge in [0.05, 0.1) is 12.2 Å². The highest BCUT2D eigenvalue weighted by atomic mass is 31.0. The lowest BCUT2D eigenvalue weighted by atomic mass is 10.0. The van der Waals surface area contributed by atoms with E-state index in [4.69, 9.17) is 4.74 Å². The van der Waals surface area contributed by atoms with Crippen molar-refractivity contribution in [2.75, 3.05) is 0 Å². The molecule has 0 N–H and O–H groups in total. The van der Waals surface area contributed by atoms with Crippen molar-refractivity contribution < 1.29 is 14.3 Å². The second-order valence-electron chi connectivity index (χ2n) is 4.21. The van der Waals surface area contributed by atoms with Crippen molar-refractivity contribution in [3.8, 4) is 0 Å². The van der Waals surface area contributed by atoms with Crippen LogP contribution in [0.3, 0.4) is 0 Å². The van der Waals surface area contributed by atoms with Crippen LogP contribution in [0.25, 0.3) is 0 Å². The lowest BCUT2D eigenvalue weighted by Gasteiger charge is -2.12. The lowest BCUT2D eigenvalue weighted by Crippen LogP contribution is -2.11. The number of rotatable bonds is 7. The zero-order valence-corrected chi connectivity index (χ0v) is 10.6. The smallest absolute Gasteiger partial charge is 0.148 e. The Morgan fingerprint density at radius 1 is 1.56 bits per heavy atom. The highest BCUT2D eigenvalue weighted by molar-refractivity contribution is 7.40. The van der Waals surface area contributed by atoms with Crippen LogP contribution in [0, 0.1) is 0 Å². The average Bonchev–Trinajstić information content (AvgIpc) is 2.56. The van der Waals surface area contributed by atoms with E-state index in [2.05, 4.69) is 15.8 Å². The summed E-state index contributed by atoms with van der Waals surface area (Å²) in [5.74, 6) is 0. The van der Waals surface area contributed by atoms with Crippen molar-refractivity contribution in [1.82, 2.24) is 0 Å². The van der Waals surface area contributed by atoms with Gasteiger partial charge in [-0.15, -0.1) is 0 Å². The van der Waals surface area contributed by atoms with Crippen molar-refractivity contribution in [3.63, 3.8) is 0 Å². The minimum Gasteiger partial charge on any atom is -0.370 e. The van der Waals surface area contributed by atoms with Crippen LogP contribution >= 0.6 is 9.24 Å². The molecule has 0 aromatic heterocycles. The van der Waals surface area contributed by atoms with E-state index in [1.165, 1.54) is 0 Å². The summed E-state index contributed by atoms with van der Waals surface area (Å²) in [6.45, 7) is 3.97. The fraction of sp³-hybridized carbons (Fsp3) is 0.667. The molecule has 4 heteroatoms. The van der Waals surface area contributed by atoms with E-state index in [1.807, 2.05) is 0 Å². The van der Waals surface area contributed by atoms with Crippen LogP contribution in [0.5, 0.6) is 0 Å². The Labute approximate surface area is 98.8 Å². The largest absolute Gasteiger partial charge is 0.370 e. The van der Waals surface area contributed by atoms with Gasteiger partial charge in [-0.05, 0) is 31.3 Å². The lowest BCUT2D eigenvalue weighted by molar-refractivity contribution is -0.111. The van der Waals surface area contributed by atoms with Crippen molar-refractivity contribution in [3.05, 3.63) is 12.2 Å². The predicted molar refractivity (Wildman–Crippen MR) is 66.3 cm³/mol. The molecule has 1 fully saturated rings. The van der Waals surface area contributed by atoms with Crippen LogP contribution in [-0.2, 0) is 14.3 Å². The van der Waals surface area contributed by atoms with E-state index in [1.54, 1.807) is 0 Å².